The molecule has 4 amide bonds. The molecule has 0 radical (unpaired) electrons. The lowest BCUT2D eigenvalue weighted by molar-refractivity contribution is -0.122. The van der Waals surface area contributed by atoms with Gasteiger partial charge in [0.05, 0.1) is 12.2 Å². The molecule has 5 rings (SSSR count). The van der Waals surface area contributed by atoms with Crippen LogP contribution in [0.5, 0.6) is 5.75 Å². The lowest BCUT2D eigenvalue weighted by atomic mass is 10.1. The predicted molar refractivity (Wildman–Crippen MR) is 146 cm³/mol. The fourth-order valence-electron chi connectivity index (χ4n) is 4.43. The van der Waals surface area contributed by atoms with Crippen molar-refractivity contribution in [2.24, 2.45) is 0 Å². The van der Waals surface area contributed by atoms with Gasteiger partial charge in [-0.15, -0.1) is 0 Å². The molecule has 8 heteroatoms. The zero-order chi connectivity index (χ0) is 26.1. The number of halogens is 1. The second-order valence-electron chi connectivity index (χ2n) is 8.85. The highest BCUT2D eigenvalue weighted by molar-refractivity contribution is 9.10. The van der Waals surface area contributed by atoms with E-state index in [2.05, 4.69) is 27.3 Å². The van der Waals surface area contributed by atoms with E-state index in [4.69, 9.17) is 4.74 Å². The summed E-state index contributed by atoms with van der Waals surface area (Å²) in [6.07, 6.45) is 3.43. The van der Waals surface area contributed by atoms with Gasteiger partial charge in [0, 0.05) is 27.1 Å². The number of rotatable bonds is 6. The minimum absolute atomic E-state index is 0.114. The zero-order valence-electron chi connectivity index (χ0n) is 20.3. The Hall–Kier alpha value is -4.17. The average Bonchev–Trinajstić information content (AvgIpc) is 3.21. The van der Waals surface area contributed by atoms with Crippen molar-refractivity contribution in [1.82, 2.24) is 9.88 Å². The molecule has 186 valence electrons. The van der Waals surface area contributed by atoms with Crippen LogP contribution in [0.25, 0.3) is 17.0 Å². The molecule has 1 saturated heterocycles. The van der Waals surface area contributed by atoms with Crippen LogP contribution in [0.4, 0.5) is 10.5 Å². The van der Waals surface area contributed by atoms with E-state index in [1.54, 1.807) is 30.3 Å². The van der Waals surface area contributed by atoms with E-state index in [1.165, 1.54) is 5.56 Å². The summed E-state index contributed by atoms with van der Waals surface area (Å²) in [6.45, 7) is 5.08. The third-order valence-corrected chi connectivity index (χ3v) is 6.75. The maximum absolute atomic E-state index is 13.3. The van der Waals surface area contributed by atoms with Crippen molar-refractivity contribution >= 4 is 56.4 Å². The van der Waals surface area contributed by atoms with Crippen LogP contribution in [0.1, 0.15) is 16.7 Å². The summed E-state index contributed by atoms with van der Waals surface area (Å²) in [5.74, 6) is -0.559. The van der Waals surface area contributed by atoms with Gasteiger partial charge in [0.15, 0.2) is 0 Å². The highest BCUT2D eigenvalue weighted by atomic mass is 79.9. The number of urea groups is 1. The van der Waals surface area contributed by atoms with Crippen molar-refractivity contribution < 1.29 is 19.1 Å². The summed E-state index contributed by atoms with van der Waals surface area (Å²) in [6, 6.07) is 19.8. The molecule has 1 N–H and O–H groups in total. The van der Waals surface area contributed by atoms with Crippen LogP contribution in [0.3, 0.4) is 0 Å². The van der Waals surface area contributed by atoms with Crippen LogP contribution in [0.2, 0.25) is 0 Å². The van der Waals surface area contributed by atoms with Crippen molar-refractivity contribution in [3.63, 3.8) is 0 Å². The number of hydrogen-bond donors (Lipinski definition) is 1. The molecule has 4 aromatic rings. The van der Waals surface area contributed by atoms with Crippen molar-refractivity contribution in [3.8, 4) is 5.75 Å². The Morgan fingerprint density at radius 1 is 0.973 bits per heavy atom. The number of fused-ring (bicyclic) bond motifs is 1. The van der Waals surface area contributed by atoms with Gasteiger partial charge in [-0.25, -0.2) is 9.69 Å². The lowest BCUT2D eigenvalue weighted by Crippen LogP contribution is -2.54. The molecule has 1 aliphatic heterocycles. The number of imide groups is 2. The van der Waals surface area contributed by atoms with Gasteiger partial charge in [0.1, 0.15) is 17.9 Å². The molecule has 0 spiro atoms. The highest BCUT2D eigenvalue weighted by Gasteiger charge is 2.37. The van der Waals surface area contributed by atoms with Crippen molar-refractivity contribution in [3.05, 3.63) is 99.7 Å². The first-order valence-electron chi connectivity index (χ1n) is 11.8. The van der Waals surface area contributed by atoms with Gasteiger partial charge in [0.25, 0.3) is 11.8 Å². The quantitative estimate of drug-likeness (QED) is 0.241. The fourth-order valence-corrected chi connectivity index (χ4v) is 4.69. The maximum atomic E-state index is 13.3. The Morgan fingerprint density at radius 2 is 1.73 bits per heavy atom. The minimum Gasteiger partial charge on any atom is -0.491 e. The number of ether oxygens (including phenoxy) is 1. The standard InChI is InChI=1S/C29H24BrN3O4/c1-18-7-12-26(19(2)15-18)37-14-13-32-17-20(23-5-3-4-6-25(23)32)16-24-27(34)31-29(36)33(28(24)35)22-10-8-21(30)9-11-22/h3-12,15-17H,13-14H2,1-2H3,(H,31,34,36). The third-order valence-electron chi connectivity index (χ3n) is 6.23. The Labute approximate surface area is 222 Å². The normalized spacial score (nSPS) is 14.9. The summed E-state index contributed by atoms with van der Waals surface area (Å²) >= 11 is 3.35. The van der Waals surface area contributed by atoms with Crippen LogP contribution in [-0.4, -0.2) is 29.0 Å². The molecule has 0 bridgehead atoms. The highest BCUT2D eigenvalue weighted by Crippen LogP contribution is 2.27. The Bertz CT molecular complexity index is 1570. The van der Waals surface area contributed by atoms with Crippen LogP contribution < -0.4 is 15.0 Å². The van der Waals surface area contributed by atoms with Crippen molar-refractivity contribution in [1.29, 1.82) is 0 Å². The van der Waals surface area contributed by atoms with E-state index < -0.39 is 17.8 Å². The summed E-state index contributed by atoms with van der Waals surface area (Å²) in [7, 11) is 0. The monoisotopic (exact) mass is 557 g/mol. The number of anilines is 1. The maximum Gasteiger partial charge on any atom is 0.335 e. The number of carbonyl (C=O) groups is 3. The lowest BCUT2D eigenvalue weighted by Gasteiger charge is -2.26. The number of barbiturate groups is 1. The van der Waals surface area contributed by atoms with E-state index >= 15 is 0 Å². The van der Waals surface area contributed by atoms with Gasteiger partial charge in [-0.05, 0) is 61.9 Å². The number of nitrogens with one attached hydrogen (secondary N) is 1. The van der Waals surface area contributed by atoms with Gasteiger partial charge in [0.2, 0.25) is 0 Å². The predicted octanol–water partition coefficient (Wildman–Crippen LogP) is 5.77. The number of carbonyl (C=O) groups excluding carboxylic acids is 3. The first-order chi connectivity index (χ1) is 17.8. The Morgan fingerprint density at radius 3 is 2.49 bits per heavy atom. The minimum atomic E-state index is -0.777. The Balaban J connectivity index is 1.44. The number of para-hydroxylation sites is 1. The van der Waals surface area contributed by atoms with E-state index in [0.29, 0.717) is 24.4 Å². The van der Waals surface area contributed by atoms with Gasteiger partial charge < -0.3 is 9.30 Å². The van der Waals surface area contributed by atoms with Gasteiger partial charge >= 0.3 is 6.03 Å². The molecule has 0 atom stereocenters. The van der Waals surface area contributed by atoms with Gasteiger partial charge in [-0.2, -0.15) is 0 Å². The summed E-state index contributed by atoms with van der Waals surface area (Å²) in [5.41, 5.74) is 4.16. The molecule has 1 aliphatic rings. The summed E-state index contributed by atoms with van der Waals surface area (Å²) in [4.78, 5) is 39.5. The van der Waals surface area contributed by atoms with E-state index in [9.17, 15) is 14.4 Å². The molecule has 1 fully saturated rings. The average molecular weight is 558 g/mol. The second-order valence-corrected chi connectivity index (χ2v) is 9.76. The number of amides is 4. The molecule has 3 aromatic carbocycles. The number of benzene rings is 3. The number of hydrogen-bond acceptors (Lipinski definition) is 4. The van der Waals surface area contributed by atoms with E-state index in [-0.39, 0.29) is 5.57 Å². The zero-order valence-corrected chi connectivity index (χ0v) is 21.9. The molecular weight excluding hydrogens is 534 g/mol. The first kappa shape index (κ1) is 24.5. The molecule has 0 aliphatic carbocycles. The molecule has 0 unspecified atom stereocenters. The number of aryl methyl sites for hydroxylation is 2. The van der Waals surface area contributed by atoms with Crippen molar-refractivity contribution in [2.75, 3.05) is 11.5 Å². The molecule has 2 heterocycles. The first-order valence-corrected chi connectivity index (χ1v) is 12.6. The smallest absolute Gasteiger partial charge is 0.335 e. The van der Waals surface area contributed by atoms with Gasteiger partial charge in [-0.3, -0.25) is 14.9 Å². The molecule has 37 heavy (non-hydrogen) atoms. The molecule has 1 aromatic heterocycles. The SMILES string of the molecule is Cc1ccc(OCCn2cc(C=C3C(=O)NC(=O)N(c4ccc(Br)cc4)C3=O)c3ccccc32)c(C)c1. The van der Waals surface area contributed by atoms with Crippen LogP contribution in [0.15, 0.2) is 83.0 Å². The molecular formula is C29H24BrN3O4. The van der Waals surface area contributed by atoms with E-state index in [0.717, 1.165) is 31.6 Å². The topological polar surface area (TPSA) is 80.6 Å². The molecule has 0 saturated carbocycles. The summed E-state index contributed by atoms with van der Waals surface area (Å²) < 4.78 is 8.86. The van der Waals surface area contributed by atoms with Gasteiger partial charge in [-0.1, -0.05) is 51.8 Å². The fraction of sp³-hybridized carbons (Fsp3) is 0.138. The van der Waals surface area contributed by atoms with Crippen molar-refractivity contribution in [2.45, 2.75) is 20.4 Å². The van der Waals surface area contributed by atoms with E-state index in [1.807, 2.05) is 61.0 Å². The van der Waals surface area contributed by atoms with Crippen LogP contribution in [0, 0.1) is 13.8 Å². The Kier molecular flexibility index (Phi) is 6.67. The van der Waals surface area contributed by atoms with Crippen LogP contribution >= 0.6 is 15.9 Å². The largest absolute Gasteiger partial charge is 0.491 e. The van der Waals surface area contributed by atoms with Crippen LogP contribution in [-0.2, 0) is 16.1 Å². The molecule has 7 nitrogen and oxygen atoms in total. The second kappa shape index (κ2) is 10.1. The number of nitrogens with zero attached hydrogens (tertiary/aromatic N) is 2. The third kappa shape index (κ3) is 4.93. The number of aromatic nitrogens is 1. The summed E-state index contributed by atoms with van der Waals surface area (Å²) in [5, 5.41) is 3.16.